The molecule has 2 amide bonds. The van der Waals surface area contributed by atoms with Crippen molar-refractivity contribution >= 4 is 17.5 Å². The number of carbonyl (C=O) groups is 2. The molecule has 0 bridgehead atoms. The van der Waals surface area contributed by atoms with E-state index in [9.17, 15) is 9.59 Å². The lowest BCUT2D eigenvalue weighted by Crippen LogP contribution is -2.24. The predicted molar refractivity (Wildman–Crippen MR) is 114 cm³/mol. The molecule has 1 atom stereocenters. The number of nitrogens with zero attached hydrogens (tertiary/aromatic N) is 1. The molecule has 1 aliphatic rings. The highest BCUT2D eigenvalue weighted by Crippen LogP contribution is 2.38. The molecule has 0 saturated carbocycles. The second-order valence-electron chi connectivity index (χ2n) is 7.15. The van der Waals surface area contributed by atoms with Gasteiger partial charge in [-0.3, -0.25) is 9.59 Å². The van der Waals surface area contributed by atoms with E-state index in [-0.39, 0.29) is 11.8 Å². The molecule has 6 nitrogen and oxygen atoms in total. The minimum Gasteiger partial charge on any atom is -0.493 e. The molecule has 0 aromatic heterocycles. The Hall–Kier alpha value is -3.80. The molecule has 0 unspecified atom stereocenters. The van der Waals surface area contributed by atoms with Gasteiger partial charge in [0.15, 0.2) is 11.5 Å². The second-order valence-corrected chi connectivity index (χ2v) is 7.15. The summed E-state index contributed by atoms with van der Waals surface area (Å²) < 4.78 is 11.4. The van der Waals surface area contributed by atoms with Gasteiger partial charge in [0.25, 0.3) is 0 Å². The van der Waals surface area contributed by atoms with Crippen LogP contribution in [0, 0.1) is 0 Å². The van der Waals surface area contributed by atoms with Crippen LogP contribution in [0.25, 0.3) is 0 Å². The van der Waals surface area contributed by atoms with Gasteiger partial charge in [-0.1, -0.05) is 30.3 Å². The molecule has 1 heterocycles. The summed E-state index contributed by atoms with van der Waals surface area (Å²) in [6.07, 6.45) is 0.373. The smallest absolute Gasteiger partial charge is 0.248 e. The van der Waals surface area contributed by atoms with Crippen LogP contribution in [0.15, 0.2) is 72.8 Å². The molecule has 3 aromatic carbocycles. The molecule has 1 saturated heterocycles. The summed E-state index contributed by atoms with van der Waals surface area (Å²) in [4.78, 5) is 25.9. The van der Waals surface area contributed by atoms with Crippen LogP contribution in [-0.4, -0.2) is 25.5 Å². The molecule has 6 heteroatoms. The Balaban J connectivity index is 1.59. The molecule has 0 spiro atoms. The number of para-hydroxylation sites is 1. The summed E-state index contributed by atoms with van der Waals surface area (Å²) in [6, 6.07) is 22.0. The van der Waals surface area contributed by atoms with Gasteiger partial charge in [-0.25, -0.2) is 0 Å². The maximum Gasteiger partial charge on any atom is 0.248 e. The number of carbonyl (C=O) groups excluding carboxylic acids is 2. The molecule has 3 aromatic rings. The van der Waals surface area contributed by atoms with Gasteiger partial charge in [-0.05, 0) is 48.0 Å². The van der Waals surface area contributed by atoms with E-state index in [1.165, 1.54) is 0 Å². The van der Waals surface area contributed by atoms with Crippen molar-refractivity contribution in [1.29, 1.82) is 0 Å². The van der Waals surface area contributed by atoms with E-state index in [1.54, 1.807) is 30.2 Å². The van der Waals surface area contributed by atoms with Gasteiger partial charge < -0.3 is 20.1 Å². The van der Waals surface area contributed by atoms with Crippen molar-refractivity contribution in [3.63, 3.8) is 0 Å². The highest BCUT2D eigenvalue weighted by Gasteiger charge is 2.32. The summed E-state index contributed by atoms with van der Waals surface area (Å²) in [5.74, 6) is 1.42. The lowest BCUT2D eigenvalue weighted by molar-refractivity contribution is -0.117. The van der Waals surface area contributed by atoms with Crippen LogP contribution in [0.3, 0.4) is 0 Å². The Bertz CT molecular complexity index is 1080. The summed E-state index contributed by atoms with van der Waals surface area (Å²) >= 11 is 0. The summed E-state index contributed by atoms with van der Waals surface area (Å²) in [6.45, 7) is 0.512. The number of anilines is 1. The Morgan fingerprint density at radius 3 is 2.53 bits per heavy atom. The molecular formula is C24H22N2O4. The molecule has 0 aliphatic carbocycles. The minimum atomic E-state index is -0.516. The molecule has 1 fully saturated rings. The van der Waals surface area contributed by atoms with E-state index in [4.69, 9.17) is 15.2 Å². The monoisotopic (exact) mass is 402 g/mol. The van der Waals surface area contributed by atoms with Crippen LogP contribution in [0.2, 0.25) is 0 Å². The van der Waals surface area contributed by atoms with Crippen LogP contribution in [0.4, 0.5) is 5.69 Å². The minimum absolute atomic E-state index is 0.00114. The highest BCUT2D eigenvalue weighted by molar-refractivity contribution is 5.99. The third-order valence-corrected chi connectivity index (χ3v) is 5.20. The number of ether oxygens (including phenoxy) is 2. The fourth-order valence-electron chi connectivity index (χ4n) is 3.65. The van der Waals surface area contributed by atoms with E-state index in [1.807, 2.05) is 54.6 Å². The predicted octanol–water partition coefficient (Wildman–Crippen LogP) is 4.11. The lowest BCUT2D eigenvalue weighted by atomic mass is 9.98. The van der Waals surface area contributed by atoms with Crippen molar-refractivity contribution < 1.29 is 19.1 Å². The zero-order valence-electron chi connectivity index (χ0n) is 16.6. The van der Waals surface area contributed by atoms with Crippen LogP contribution < -0.4 is 20.1 Å². The molecule has 0 radical (unpaired) electrons. The first kappa shape index (κ1) is 19.5. The number of methoxy groups -OCH3 is 1. The molecule has 30 heavy (non-hydrogen) atoms. The van der Waals surface area contributed by atoms with E-state index in [2.05, 4.69) is 0 Å². The maximum atomic E-state index is 12.7. The quantitative estimate of drug-likeness (QED) is 0.673. The van der Waals surface area contributed by atoms with Crippen molar-refractivity contribution in [2.24, 2.45) is 5.73 Å². The van der Waals surface area contributed by atoms with E-state index >= 15 is 0 Å². The maximum absolute atomic E-state index is 12.7. The Morgan fingerprint density at radius 2 is 1.80 bits per heavy atom. The molecule has 152 valence electrons. The fourth-order valence-corrected chi connectivity index (χ4v) is 3.65. The summed E-state index contributed by atoms with van der Waals surface area (Å²) in [5, 5.41) is 0. The fraction of sp³-hybridized carbons (Fsp3) is 0.167. The lowest BCUT2D eigenvalue weighted by Gasteiger charge is -2.18. The average Bonchev–Trinajstić information content (AvgIpc) is 3.16. The third-order valence-electron chi connectivity index (χ3n) is 5.20. The molecular weight excluding hydrogens is 380 g/mol. The average molecular weight is 402 g/mol. The van der Waals surface area contributed by atoms with Crippen LogP contribution in [0.5, 0.6) is 17.2 Å². The van der Waals surface area contributed by atoms with E-state index in [0.29, 0.717) is 41.5 Å². The van der Waals surface area contributed by atoms with Crippen LogP contribution >= 0.6 is 0 Å². The third kappa shape index (κ3) is 3.98. The highest BCUT2D eigenvalue weighted by atomic mass is 16.5. The normalized spacial score (nSPS) is 15.8. The van der Waals surface area contributed by atoms with Crippen molar-refractivity contribution in [2.45, 2.75) is 12.3 Å². The first-order valence-electron chi connectivity index (χ1n) is 9.66. The van der Waals surface area contributed by atoms with Crippen molar-refractivity contribution in [2.75, 3.05) is 18.6 Å². The zero-order valence-corrected chi connectivity index (χ0v) is 16.6. The van der Waals surface area contributed by atoms with Crippen molar-refractivity contribution in [3.05, 3.63) is 83.9 Å². The van der Waals surface area contributed by atoms with Gasteiger partial charge in [0.1, 0.15) is 5.75 Å². The number of amides is 2. The topological polar surface area (TPSA) is 81.9 Å². The first-order valence-corrected chi connectivity index (χ1v) is 9.66. The Labute approximate surface area is 174 Å². The van der Waals surface area contributed by atoms with Gasteiger partial charge in [-0.15, -0.1) is 0 Å². The number of rotatable bonds is 6. The van der Waals surface area contributed by atoms with Crippen molar-refractivity contribution in [3.8, 4) is 17.2 Å². The van der Waals surface area contributed by atoms with Gasteiger partial charge in [-0.2, -0.15) is 0 Å². The van der Waals surface area contributed by atoms with Gasteiger partial charge >= 0.3 is 0 Å². The number of primary amides is 1. The second kappa shape index (κ2) is 8.29. The number of hydrogen-bond acceptors (Lipinski definition) is 4. The Kier molecular flexibility index (Phi) is 5.39. The van der Waals surface area contributed by atoms with Crippen LogP contribution in [0.1, 0.15) is 28.3 Å². The molecule has 4 rings (SSSR count). The zero-order chi connectivity index (χ0) is 21.1. The SMILES string of the molecule is COc1ccc([C@H]2CC(=O)N(c3cccc(C(N)=O)c3)C2)cc1Oc1ccccc1. The molecule has 2 N–H and O–H groups in total. The number of hydrogen-bond donors (Lipinski definition) is 1. The largest absolute Gasteiger partial charge is 0.493 e. The van der Waals surface area contributed by atoms with Crippen LogP contribution in [-0.2, 0) is 4.79 Å². The standard InChI is InChI=1S/C24H22N2O4/c1-29-21-11-10-16(13-22(21)30-20-8-3-2-4-9-20)18-14-23(27)26(15-18)19-7-5-6-17(12-19)24(25)28/h2-13,18H,14-15H2,1H3,(H2,25,28)/t18-/m0/s1. The van der Waals surface area contributed by atoms with Gasteiger partial charge in [0, 0.05) is 30.1 Å². The van der Waals surface area contributed by atoms with E-state index in [0.717, 1.165) is 5.56 Å². The van der Waals surface area contributed by atoms with Gasteiger partial charge in [0.05, 0.1) is 7.11 Å². The summed E-state index contributed by atoms with van der Waals surface area (Å²) in [7, 11) is 1.60. The van der Waals surface area contributed by atoms with Crippen molar-refractivity contribution in [1.82, 2.24) is 0 Å². The number of benzene rings is 3. The Morgan fingerprint density at radius 1 is 1.00 bits per heavy atom. The van der Waals surface area contributed by atoms with E-state index < -0.39 is 5.91 Å². The molecule has 1 aliphatic heterocycles. The first-order chi connectivity index (χ1) is 14.5. The number of nitrogens with two attached hydrogens (primary N) is 1. The van der Waals surface area contributed by atoms with Gasteiger partial charge in [0.2, 0.25) is 11.8 Å². The summed E-state index contributed by atoms with van der Waals surface area (Å²) in [5.41, 5.74) is 7.42.